The van der Waals surface area contributed by atoms with Gasteiger partial charge in [0.05, 0.1) is 12.7 Å². The Hall–Kier alpha value is -1.37. The number of nitrogens with zero attached hydrogens (tertiary/aromatic N) is 1. The number of rotatable bonds is 6. The van der Waals surface area contributed by atoms with Gasteiger partial charge >= 0.3 is 0 Å². The van der Waals surface area contributed by atoms with Crippen molar-refractivity contribution in [2.45, 2.75) is 32.4 Å². The highest BCUT2D eigenvalue weighted by Gasteiger charge is 2.18. The number of nitriles is 1. The van der Waals surface area contributed by atoms with Gasteiger partial charge in [-0.25, -0.2) is 0 Å². The monoisotopic (exact) mass is 232 g/mol. The first-order valence-electron chi connectivity index (χ1n) is 5.88. The summed E-state index contributed by atoms with van der Waals surface area (Å²) in [5, 5.41) is 12.0. The predicted octanol–water partition coefficient (Wildman–Crippen LogP) is 2.44. The van der Waals surface area contributed by atoms with E-state index in [4.69, 9.17) is 10.00 Å². The molecule has 0 heterocycles. The molecule has 1 rings (SSSR count). The second-order valence-electron chi connectivity index (χ2n) is 4.56. The summed E-state index contributed by atoms with van der Waals surface area (Å²) < 4.78 is 5.30. The van der Waals surface area contributed by atoms with E-state index in [2.05, 4.69) is 31.3 Å². The Morgan fingerprint density at radius 3 is 2.59 bits per heavy atom. The molecule has 1 atom stereocenters. The summed E-state index contributed by atoms with van der Waals surface area (Å²) in [5.74, 6) is 0. The molecule has 0 saturated carbocycles. The maximum atomic E-state index is 8.58. The molecule has 0 aliphatic heterocycles. The summed E-state index contributed by atoms with van der Waals surface area (Å²) in [7, 11) is 0. The molecule has 0 amide bonds. The fourth-order valence-electron chi connectivity index (χ4n) is 1.59. The van der Waals surface area contributed by atoms with Crippen molar-refractivity contribution < 1.29 is 4.74 Å². The van der Waals surface area contributed by atoms with E-state index in [0.29, 0.717) is 6.61 Å². The van der Waals surface area contributed by atoms with E-state index in [1.807, 2.05) is 24.3 Å². The zero-order valence-corrected chi connectivity index (χ0v) is 10.7. The van der Waals surface area contributed by atoms with Gasteiger partial charge in [-0.2, -0.15) is 5.26 Å². The van der Waals surface area contributed by atoms with Crippen LogP contribution in [-0.2, 0) is 10.3 Å². The van der Waals surface area contributed by atoms with E-state index in [0.717, 1.165) is 6.54 Å². The van der Waals surface area contributed by atoms with Gasteiger partial charge in [0.2, 0.25) is 0 Å². The molecule has 0 aromatic heterocycles. The molecule has 0 aliphatic rings. The highest BCUT2D eigenvalue weighted by Crippen LogP contribution is 2.18. The van der Waals surface area contributed by atoms with Gasteiger partial charge in [-0.15, -0.1) is 0 Å². The fourth-order valence-corrected chi connectivity index (χ4v) is 1.59. The third kappa shape index (κ3) is 4.56. The molecule has 0 bridgehead atoms. The van der Waals surface area contributed by atoms with Crippen molar-refractivity contribution in [2.24, 2.45) is 0 Å². The van der Waals surface area contributed by atoms with Crippen molar-refractivity contribution in [3.8, 4) is 6.07 Å². The van der Waals surface area contributed by atoms with Crippen molar-refractivity contribution in [1.82, 2.24) is 5.32 Å². The molecular formula is C14H20N2O. The Balaban J connectivity index is 2.38. The second-order valence-corrected chi connectivity index (χ2v) is 4.56. The van der Waals surface area contributed by atoms with Crippen LogP contribution in [0.2, 0.25) is 0 Å². The fraction of sp³-hybridized carbons (Fsp3) is 0.500. The van der Waals surface area contributed by atoms with Crippen LogP contribution in [-0.4, -0.2) is 19.3 Å². The quantitative estimate of drug-likeness (QED) is 0.766. The van der Waals surface area contributed by atoms with Gasteiger partial charge in [-0.3, -0.25) is 0 Å². The average Bonchev–Trinajstić information content (AvgIpc) is 2.35. The van der Waals surface area contributed by atoms with Gasteiger partial charge in [-0.05, 0) is 26.3 Å². The van der Waals surface area contributed by atoms with Crippen LogP contribution >= 0.6 is 0 Å². The van der Waals surface area contributed by atoms with E-state index in [1.54, 1.807) is 6.92 Å². The van der Waals surface area contributed by atoms with Crippen LogP contribution < -0.4 is 5.32 Å². The molecule has 0 saturated heterocycles. The lowest BCUT2D eigenvalue weighted by molar-refractivity contribution is 0.0992. The number of benzene rings is 1. The van der Waals surface area contributed by atoms with Crippen LogP contribution in [0.3, 0.4) is 0 Å². The molecule has 0 spiro atoms. The SMILES string of the molecule is CC(C#N)OCCNC(C)(C)c1ccccc1. The topological polar surface area (TPSA) is 45.0 Å². The number of nitrogens with one attached hydrogen (secondary N) is 1. The zero-order valence-electron chi connectivity index (χ0n) is 10.7. The molecule has 1 unspecified atom stereocenters. The summed E-state index contributed by atoms with van der Waals surface area (Å²) in [6.07, 6.45) is -0.336. The van der Waals surface area contributed by atoms with Crippen molar-refractivity contribution >= 4 is 0 Å². The average molecular weight is 232 g/mol. The minimum atomic E-state index is -0.336. The van der Waals surface area contributed by atoms with Crippen LogP contribution in [0.4, 0.5) is 0 Å². The zero-order chi connectivity index (χ0) is 12.7. The molecule has 1 N–H and O–H groups in total. The van der Waals surface area contributed by atoms with Crippen molar-refractivity contribution in [3.05, 3.63) is 35.9 Å². The van der Waals surface area contributed by atoms with Gasteiger partial charge in [0.15, 0.2) is 0 Å². The van der Waals surface area contributed by atoms with Crippen LogP contribution in [0, 0.1) is 11.3 Å². The lowest BCUT2D eigenvalue weighted by atomic mass is 9.94. The van der Waals surface area contributed by atoms with Crippen LogP contribution in [0.1, 0.15) is 26.3 Å². The molecule has 3 nitrogen and oxygen atoms in total. The summed E-state index contributed by atoms with van der Waals surface area (Å²) >= 11 is 0. The van der Waals surface area contributed by atoms with Gasteiger partial charge in [0.1, 0.15) is 6.10 Å². The van der Waals surface area contributed by atoms with Crippen LogP contribution in [0.15, 0.2) is 30.3 Å². The Bertz CT molecular complexity index is 368. The molecule has 17 heavy (non-hydrogen) atoms. The lowest BCUT2D eigenvalue weighted by Crippen LogP contribution is -2.38. The second kappa shape index (κ2) is 6.39. The molecule has 92 valence electrons. The number of hydrogen-bond acceptors (Lipinski definition) is 3. The molecule has 0 fully saturated rings. The molecule has 0 aliphatic carbocycles. The van der Waals surface area contributed by atoms with Crippen LogP contribution in [0.5, 0.6) is 0 Å². The van der Waals surface area contributed by atoms with Gasteiger partial charge in [0, 0.05) is 12.1 Å². The number of hydrogen-bond donors (Lipinski definition) is 1. The molecular weight excluding hydrogens is 212 g/mol. The first-order valence-corrected chi connectivity index (χ1v) is 5.88. The van der Waals surface area contributed by atoms with E-state index in [9.17, 15) is 0 Å². The van der Waals surface area contributed by atoms with Crippen molar-refractivity contribution in [3.63, 3.8) is 0 Å². The largest absolute Gasteiger partial charge is 0.362 e. The van der Waals surface area contributed by atoms with E-state index in [1.165, 1.54) is 5.56 Å². The first-order chi connectivity index (χ1) is 8.06. The Labute approximate surface area is 103 Å². The van der Waals surface area contributed by atoms with Gasteiger partial charge < -0.3 is 10.1 Å². The highest BCUT2D eigenvalue weighted by molar-refractivity contribution is 5.22. The summed E-state index contributed by atoms with van der Waals surface area (Å²) in [4.78, 5) is 0. The Morgan fingerprint density at radius 2 is 2.00 bits per heavy atom. The maximum Gasteiger partial charge on any atom is 0.141 e. The molecule has 1 aromatic carbocycles. The van der Waals surface area contributed by atoms with Gasteiger partial charge in [0.25, 0.3) is 0 Å². The van der Waals surface area contributed by atoms with E-state index in [-0.39, 0.29) is 11.6 Å². The standard InChI is InChI=1S/C14H20N2O/c1-12(11-15)17-10-9-16-14(2,3)13-7-5-4-6-8-13/h4-8,12,16H,9-10H2,1-3H3. The summed E-state index contributed by atoms with van der Waals surface area (Å²) in [6.45, 7) is 7.30. The molecule has 3 heteroatoms. The van der Waals surface area contributed by atoms with Crippen LogP contribution in [0.25, 0.3) is 0 Å². The van der Waals surface area contributed by atoms with Crippen molar-refractivity contribution in [2.75, 3.05) is 13.2 Å². The lowest BCUT2D eigenvalue weighted by Gasteiger charge is -2.27. The van der Waals surface area contributed by atoms with Gasteiger partial charge in [-0.1, -0.05) is 30.3 Å². The maximum absolute atomic E-state index is 8.58. The smallest absolute Gasteiger partial charge is 0.141 e. The first kappa shape index (κ1) is 13.7. The molecule has 1 aromatic rings. The normalized spacial score (nSPS) is 13.1. The predicted molar refractivity (Wildman–Crippen MR) is 68.5 cm³/mol. The van der Waals surface area contributed by atoms with Crippen molar-refractivity contribution in [1.29, 1.82) is 5.26 Å². The Kier molecular flexibility index (Phi) is 5.14. The molecule has 0 radical (unpaired) electrons. The third-order valence-electron chi connectivity index (χ3n) is 2.71. The minimum Gasteiger partial charge on any atom is -0.362 e. The highest BCUT2D eigenvalue weighted by atomic mass is 16.5. The number of ether oxygens (including phenoxy) is 1. The van der Waals surface area contributed by atoms with E-state index >= 15 is 0 Å². The van der Waals surface area contributed by atoms with E-state index < -0.39 is 0 Å². The third-order valence-corrected chi connectivity index (χ3v) is 2.71. The summed E-state index contributed by atoms with van der Waals surface area (Å²) in [6, 6.07) is 12.3. The minimum absolute atomic E-state index is 0.0828. The summed E-state index contributed by atoms with van der Waals surface area (Å²) in [5.41, 5.74) is 1.16. The Morgan fingerprint density at radius 1 is 1.35 bits per heavy atom.